The van der Waals surface area contributed by atoms with E-state index in [2.05, 4.69) is 21.3 Å². The summed E-state index contributed by atoms with van der Waals surface area (Å²) in [5, 5.41) is 3.02. The van der Waals surface area contributed by atoms with Crippen LogP contribution in [0.4, 0.5) is 0 Å². The van der Waals surface area contributed by atoms with E-state index in [-0.39, 0.29) is 5.91 Å². The first kappa shape index (κ1) is 16.7. The number of piperidine rings is 1. The first-order valence-corrected chi connectivity index (χ1v) is 8.77. The number of nitrogens with one attached hydrogen (secondary N) is 1. The van der Waals surface area contributed by atoms with Crippen LogP contribution in [-0.2, 0) is 11.3 Å². The molecule has 0 radical (unpaired) electrons. The van der Waals surface area contributed by atoms with Gasteiger partial charge in [-0.1, -0.05) is 42.8 Å². The van der Waals surface area contributed by atoms with Crippen LogP contribution < -0.4 is 5.32 Å². The zero-order valence-corrected chi connectivity index (χ0v) is 14.0. The van der Waals surface area contributed by atoms with Crippen molar-refractivity contribution in [2.45, 2.75) is 38.3 Å². The van der Waals surface area contributed by atoms with E-state index < -0.39 is 0 Å². The third-order valence-electron chi connectivity index (χ3n) is 4.64. The van der Waals surface area contributed by atoms with Crippen LogP contribution in [0.2, 0.25) is 0 Å². The maximum absolute atomic E-state index is 12.2. The van der Waals surface area contributed by atoms with Crippen LogP contribution in [0.25, 0.3) is 0 Å². The number of amides is 1. The van der Waals surface area contributed by atoms with E-state index in [0.29, 0.717) is 19.0 Å². The highest BCUT2D eigenvalue weighted by atomic mass is 16.1. The maximum atomic E-state index is 12.2. The Kier molecular flexibility index (Phi) is 5.96. The standard InChI is InChI=1S/C20H25N3O/c24-20(22-15-17-7-2-1-3-8-17)11-14-23-13-5-4-10-19(23)18-9-6-12-21-16-18/h1-3,6-9,12,16,19H,4-5,10-11,13-15H2,(H,22,24)/t19-/m0/s1. The van der Waals surface area contributed by atoms with Crippen LogP contribution in [0, 0.1) is 0 Å². The number of hydrogen-bond acceptors (Lipinski definition) is 3. The third-order valence-corrected chi connectivity index (χ3v) is 4.64. The smallest absolute Gasteiger partial charge is 0.221 e. The minimum absolute atomic E-state index is 0.120. The zero-order chi connectivity index (χ0) is 16.6. The summed E-state index contributed by atoms with van der Waals surface area (Å²) in [4.78, 5) is 18.8. The second kappa shape index (κ2) is 8.60. The van der Waals surface area contributed by atoms with Gasteiger partial charge in [0.15, 0.2) is 0 Å². The number of carbonyl (C=O) groups excluding carboxylic acids is 1. The summed E-state index contributed by atoms with van der Waals surface area (Å²) in [6.07, 6.45) is 7.92. The van der Waals surface area contributed by atoms with Crippen molar-refractivity contribution in [3.63, 3.8) is 0 Å². The molecule has 0 spiro atoms. The van der Waals surface area contributed by atoms with Crippen molar-refractivity contribution < 1.29 is 4.79 Å². The number of carbonyl (C=O) groups is 1. The molecule has 24 heavy (non-hydrogen) atoms. The van der Waals surface area contributed by atoms with Crippen LogP contribution in [0.1, 0.15) is 42.9 Å². The van der Waals surface area contributed by atoms with E-state index in [1.54, 1.807) is 0 Å². The Labute approximate surface area is 143 Å². The number of pyridine rings is 1. The van der Waals surface area contributed by atoms with Gasteiger partial charge in [-0.15, -0.1) is 0 Å². The van der Waals surface area contributed by atoms with E-state index in [1.807, 2.05) is 48.8 Å². The molecule has 1 aliphatic heterocycles. The summed E-state index contributed by atoms with van der Waals surface area (Å²) in [6, 6.07) is 14.6. The van der Waals surface area contributed by atoms with Crippen LogP contribution in [0.15, 0.2) is 54.9 Å². The molecule has 4 nitrogen and oxygen atoms in total. The van der Waals surface area contributed by atoms with Crippen molar-refractivity contribution in [1.29, 1.82) is 0 Å². The summed E-state index contributed by atoms with van der Waals surface area (Å²) >= 11 is 0. The lowest BCUT2D eigenvalue weighted by molar-refractivity contribution is -0.121. The molecule has 1 atom stereocenters. The van der Waals surface area contributed by atoms with Crippen molar-refractivity contribution in [2.75, 3.05) is 13.1 Å². The molecule has 0 bridgehead atoms. The number of benzene rings is 1. The van der Waals surface area contributed by atoms with Crippen molar-refractivity contribution in [3.8, 4) is 0 Å². The highest BCUT2D eigenvalue weighted by Crippen LogP contribution is 2.30. The molecule has 4 heteroatoms. The average Bonchev–Trinajstić information content (AvgIpc) is 2.66. The highest BCUT2D eigenvalue weighted by molar-refractivity contribution is 5.76. The molecule has 2 aromatic rings. The van der Waals surface area contributed by atoms with Gasteiger partial charge in [0.05, 0.1) is 0 Å². The maximum Gasteiger partial charge on any atom is 0.221 e. The van der Waals surface area contributed by atoms with Gasteiger partial charge in [-0.3, -0.25) is 14.7 Å². The summed E-state index contributed by atoms with van der Waals surface area (Å²) in [5.41, 5.74) is 2.40. The monoisotopic (exact) mass is 323 g/mol. The quantitative estimate of drug-likeness (QED) is 0.887. The molecule has 0 unspecified atom stereocenters. The number of likely N-dealkylation sites (tertiary alicyclic amines) is 1. The van der Waals surface area contributed by atoms with E-state index >= 15 is 0 Å². The molecular formula is C20H25N3O. The SMILES string of the molecule is O=C(CCN1CCCC[C@H]1c1cccnc1)NCc1ccccc1. The summed E-state index contributed by atoms with van der Waals surface area (Å²) in [6.45, 7) is 2.47. The van der Waals surface area contributed by atoms with E-state index in [9.17, 15) is 4.79 Å². The lowest BCUT2D eigenvalue weighted by atomic mass is 9.96. The summed E-state index contributed by atoms with van der Waals surface area (Å²) in [7, 11) is 0. The topological polar surface area (TPSA) is 45.2 Å². The Morgan fingerprint density at radius 3 is 2.83 bits per heavy atom. The van der Waals surface area contributed by atoms with Crippen LogP contribution >= 0.6 is 0 Å². The van der Waals surface area contributed by atoms with Crippen molar-refractivity contribution in [1.82, 2.24) is 15.2 Å². The number of nitrogens with zero attached hydrogens (tertiary/aromatic N) is 2. The summed E-state index contributed by atoms with van der Waals surface area (Å²) < 4.78 is 0. The van der Waals surface area contributed by atoms with Crippen molar-refractivity contribution in [2.24, 2.45) is 0 Å². The fourth-order valence-corrected chi connectivity index (χ4v) is 3.34. The normalized spacial score (nSPS) is 18.2. The van der Waals surface area contributed by atoms with E-state index in [1.165, 1.54) is 18.4 Å². The zero-order valence-electron chi connectivity index (χ0n) is 14.0. The third kappa shape index (κ3) is 4.65. The number of rotatable bonds is 6. The predicted molar refractivity (Wildman–Crippen MR) is 95.3 cm³/mol. The summed E-state index contributed by atoms with van der Waals surface area (Å²) in [5.74, 6) is 0.120. The van der Waals surface area contributed by atoms with E-state index in [0.717, 1.165) is 25.1 Å². The Morgan fingerprint density at radius 2 is 2.04 bits per heavy atom. The molecule has 1 saturated heterocycles. The molecule has 1 N–H and O–H groups in total. The van der Waals surface area contributed by atoms with Gasteiger partial charge in [-0.25, -0.2) is 0 Å². The molecule has 1 aromatic heterocycles. The largest absolute Gasteiger partial charge is 0.352 e. The Balaban J connectivity index is 1.49. The molecule has 0 aliphatic carbocycles. The Morgan fingerprint density at radius 1 is 1.17 bits per heavy atom. The molecule has 3 rings (SSSR count). The number of hydrogen-bond donors (Lipinski definition) is 1. The van der Waals surface area contributed by atoms with Crippen LogP contribution in [-0.4, -0.2) is 28.9 Å². The second-order valence-corrected chi connectivity index (χ2v) is 6.35. The molecule has 1 amide bonds. The number of aromatic nitrogens is 1. The van der Waals surface area contributed by atoms with Crippen LogP contribution in [0.5, 0.6) is 0 Å². The highest BCUT2D eigenvalue weighted by Gasteiger charge is 2.24. The molecule has 126 valence electrons. The van der Waals surface area contributed by atoms with Gasteiger partial charge in [0.1, 0.15) is 0 Å². The molecular weight excluding hydrogens is 298 g/mol. The van der Waals surface area contributed by atoms with E-state index in [4.69, 9.17) is 0 Å². The fraction of sp³-hybridized carbons (Fsp3) is 0.400. The van der Waals surface area contributed by atoms with Gasteiger partial charge < -0.3 is 5.32 Å². The van der Waals surface area contributed by atoms with Crippen LogP contribution in [0.3, 0.4) is 0 Å². The molecule has 1 aromatic carbocycles. The Hall–Kier alpha value is -2.20. The predicted octanol–water partition coefficient (Wildman–Crippen LogP) is 3.32. The molecule has 1 fully saturated rings. The second-order valence-electron chi connectivity index (χ2n) is 6.35. The fourth-order valence-electron chi connectivity index (χ4n) is 3.34. The van der Waals surface area contributed by atoms with Gasteiger partial charge in [0.25, 0.3) is 0 Å². The minimum atomic E-state index is 0.120. The van der Waals surface area contributed by atoms with Gasteiger partial charge in [0.2, 0.25) is 5.91 Å². The molecule has 1 aliphatic rings. The van der Waals surface area contributed by atoms with Crippen molar-refractivity contribution in [3.05, 3.63) is 66.0 Å². The van der Waals surface area contributed by atoms with Gasteiger partial charge in [-0.05, 0) is 36.6 Å². The van der Waals surface area contributed by atoms with Gasteiger partial charge >= 0.3 is 0 Å². The van der Waals surface area contributed by atoms with Crippen molar-refractivity contribution >= 4 is 5.91 Å². The first-order chi connectivity index (χ1) is 11.8. The lowest BCUT2D eigenvalue weighted by Gasteiger charge is -2.35. The molecule has 0 saturated carbocycles. The average molecular weight is 323 g/mol. The van der Waals surface area contributed by atoms with Gasteiger partial charge in [-0.2, -0.15) is 0 Å². The lowest BCUT2D eigenvalue weighted by Crippen LogP contribution is -2.36. The van der Waals surface area contributed by atoms with Gasteiger partial charge in [0, 0.05) is 37.9 Å². The Bertz CT molecular complexity index is 630. The first-order valence-electron chi connectivity index (χ1n) is 8.77. The molecule has 2 heterocycles. The minimum Gasteiger partial charge on any atom is -0.352 e.